The third kappa shape index (κ3) is 5.03. The van der Waals surface area contributed by atoms with Crippen molar-refractivity contribution >= 4 is 33.4 Å². The van der Waals surface area contributed by atoms with Crippen LogP contribution in [0.3, 0.4) is 0 Å². The summed E-state index contributed by atoms with van der Waals surface area (Å²) in [6.07, 6.45) is 4.60. The highest BCUT2D eigenvalue weighted by Crippen LogP contribution is 2.22. The highest BCUT2D eigenvalue weighted by Gasteiger charge is 2.26. The van der Waals surface area contributed by atoms with Gasteiger partial charge in [-0.3, -0.25) is 4.79 Å². The van der Waals surface area contributed by atoms with Gasteiger partial charge in [0.2, 0.25) is 15.9 Å². The molecule has 0 saturated carbocycles. The molecule has 28 heavy (non-hydrogen) atoms. The van der Waals surface area contributed by atoms with E-state index in [1.54, 1.807) is 36.4 Å². The van der Waals surface area contributed by atoms with Crippen molar-refractivity contribution in [3.05, 3.63) is 65.1 Å². The molecule has 3 rings (SSSR count). The predicted molar refractivity (Wildman–Crippen MR) is 103 cm³/mol. The van der Waals surface area contributed by atoms with Crippen molar-refractivity contribution in [2.24, 2.45) is 0 Å². The van der Waals surface area contributed by atoms with Crippen LogP contribution in [-0.2, 0) is 14.8 Å². The number of benzene rings is 2. The number of carbonyl (C=O) groups excluding carboxylic acids is 1. The van der Waals surface area contributed by atoms with Crippen molar-refractivity contribution in [3.63, 3.8) is 0 Å². The molecule has 0 aliphatic carbocycles. The standard InChI is InChI=1S/C19H19N3O4S.ClH/c23-19(12-7-15-5-1-2-6-18(15)21-24)20-16-8-10-17(11-9-16)27(25,26)22-13-3-4-14-22;/h1-2,5-12H,3-4,13-14H2,(H,20,23);1H/b12-7+;. The van der Waals surface area contributed by atoms with Crippen LogP contribution in [0.15, 0.2) is 59.5 Å². The Morgan fingerprint density at radius 2 is 1.68 bits per heavy atom. The summed E-state index contributed by atoms with van der Waals surface area (Å²) >= 11 is 0. The Morgan fingerprint density at radius 3 is 2.32 bits per heavy atom. The Morgan fingerprint density at radius 1 is 1.04 bits per heavy atom. The van der Waals surface area contributed by atoms with E-state index in [0.717, 1.165) is 12.8 Å². The largest absolute Gasteiger partial charge is 1.00 e. The number of nitrogens with one attached hydrogen (secondary N) is 2. The van der Waals surface area contributed by atoms with E-state index in [1.807, 2.05) is 5.18 Å². The highest BCUT2D eigenvalue weighted by molar-refractivity contribution is 7.89. The van der Waals surface area contributed by atoms with Gasteiger partial charge in [0.05, 0.1) is 10.5 Å². The van der Waals surface area contributed by atoms with Crippen LogP contribution >= 0.6 is 0 Å². The number of amides is 1. The first-order valence-electron chi connectivity index (χ1n) is 8.57. The minimum Gasteiger partial charge on any atom is -1.00 e. The number of hydrogen-bond donors (Lipinski definition) is 2. The van der Waals surface area contributed by atoms with Crippen molar-refractivity contribution in [2.75, 3.05) is 18.4 Å². The number of para-hydroxylation sites is 1. The van der Waals surface area contributed by atoms with E-state index in [9.17, 15) is 18.1 Å². The predicted octanol–water partition coefficient (Wildman–Crippen LogP) is -1.39. The van der Waals surface area contributed by atoms with Crippen molar-refractivity contribution in [2.45, 2.75) is 17.7 Å². The van der Waals surface area contributed by atoms with Crippen LogP contribution in [0.25, 0.3) is 6.08 Å². The van der Waals surface area contributed by atoms with E-state index in [1.165, 1.54) is 28.6 Å². The van der Waals surface area contributed by atoms with E-state index >= 15 is 0 Å². The van der Waals surface area contributed by atoms with Crippen molar-refractivity contribution in [1.82, 2.24) is 4.31 Å². The first-order valence-corrected chi connectivity index (χ1v) is 10.0. The van der Waals surface area contributed by atoms with E-state index in [-0.39, 0.29) is 23.2 Å². The molecule has 1 saturated heterocycles. The molecule has 0 unspecified atom stereocenters. The first-order chi connectivity index (χ1) is 13.0. The summed E-state index contributed by atoms with van der Waals surface area (Å²) in [6.45, 7) is 1.09. The monoisotopic (exact) mass is 421 g/mol. The highest BCUT2D eigenvalue weighted by atomic mass is 35.5. The molecule has 0 aromatic heterocycles. The summed E-state index contributed by atoms with van der Waals surface area (Å²) in [5.41, 5.74) is 1.45. The van der Waals surface area contributed by atoms with E-state index in [0.29, 0.717) is 30.0 Å². The van der Waals surface area contributed by atoms with Gasteiger partial charge in [-0.05, 0) is 49.2 Å². The molecular weight excluding hydrogens is 402 g/mol. The summed E-state index contributed by atoms with van der Waals surface area (Å²) in [4.78, 5) is 23.1. The molecule has 2 N–H and O–H groups in total. The van der Waals surface area contributed by atoms with Crippen molar-refractivity contribution < 1.29 is 30.8 Å². The van der Waals surface area contributed by atoms with Crippen LogP contribution in [0.2, 0.25) is 0 Å². The van der Waals surface area contributed by atoms with Gasteiger partial charge >= 0.3 is 0 Å². The van der Waals surface area contributed by atoms with Crippen LogP contribution in [0.4, 0.5) is 11.4 Å². The average molecular weight is 422 g/mol. The smallest absolute Gasteiger partial charge is 0.260 e. The molecule has 148 valence electrons. The molecule has 2 aromatic rings. The lowest BCUT2D eigenvalue weighted by Crippen LogP contribution is -3.00. The number of nitroso groups, excluding NO2 is 1. The fourth-order valence-electron chi connectivity index (χ4n) is 2.87. The Bertz CT molecular complexity index is 969. The van der Waals surface area contributed by atoms with E-state index < -0.39 is 10.0 Å². The Hall–Kier alpha value is -2.55. The van der Waals surface area contributed by atoms with Crippen LogP contribution in [0.1, 0.15) is 18.4 Å². The van der Waals surface area contributed by atoms with Crippen LogP contribution in [0.5, 0.6) is 0 Å². The molecule has 0 bridgehead atoms. The fraction of sp³-hybridized carbons (Fsp3) is 0.211. The molecule has 1 heterocycles. The Labute approximate surface area is 169 Å². The van der Waals surface area contributed by atoms with Gasteiger partial charge in [0.25, 0.3) is 5.69 Å². The third-order valence-corrected chi connectivity index (χ3v) is 6.22. The zero-order valence-electron chi connectivity index (χ0n) is 15.0. The van der Waals surface area contributed by atoms with Gasteiger partial charge in [-0.2, -0.15) is 4.31 Å². The quantitative estimate of drug-likeness (QED) is 0.561. The van der Waals surface area contributed by atoms with Crippen LogP contribution in [0, 0.1) is 4.91 Å². The second-order valence-corrected chi connectivity index (χ2v) is 8.09. The molecule has 0 atom stereocenters. The average Bonchev–Trinajstić information content (AvgIpc) is 3.23. The second-order valence-electron chi connectivity index (χ2n) is 6.15. The summed E-state index contributed by atoms with van der Waals surface area (Å²) in [7, 11) is -3.47. The van der Waals surface area contributed by atoms with Gasteiger partial charge in [-0.1, -0.05) is 12.1 Å². The number of sulfonamides is 1. The van der Waals surface area contributed by atoms with Crippen molar-refractivity contribution in [1.29, 1.82) is 0 Å². The Kier molecular flexibility index (Phi) is 7.45. The lowest BCUT2D eigenvalue weighted by atomic mass is 10.1. The van der Waals surface area contributed by atoms with Gasteiger partial charge in [0.15, 0.2) is 0 Å². The summed E-state index contributed by atoms with van der Waals surface area (Å²) in [5, 5.41) is 4.48. The fourth-order valence-corrected chi connectivity index (χ4v) is 4.39. The normalized spacial score (nSPS) is 14.6. The zero-order chi connectivity index (χ0) is 19.3. The first kappa shape index (κ1) is 21.7. The lowest BCUT2D eigenvalue weighted by molar-refractivity contribution is -0.379. The number of hydrogen-bond acceptors (Lipinski definition) is 4. The van der Waals surface area contributed by atoms with Gasteiger partial charge in [-0.15, -0.1) is 0 Å². The SMILES string of the molecule is O=[NH+]c1ccccc1/C=C/C(=O)Nc1ccc(S(=O)(=O)N2CCCC2)cc1.[Cl-]. The maximum atomic E-state index is 12.5. The topological polar surface area (TPSA) is 97.5 Å². The van der Waals surface area contributed by atoms with Crippen LogP contribution < -0.4 is 22.9 Å². The molecule has 1 amide bonds. The number of nitrogens with zero attached hydrogens (tertiary/aromatic N) is 1. The lowest BCUT2D eigenvalue weighted by Gasteiger charge is -2.15. The summed E-state index contributed by atoms with van der Waals surface area (Å²) < 4.78 is 26.4. The molecule has 1 fully saturated rings. The van der Waals surface area contributed by atoms with Crippen LogP contribution in [-0.4, -0.2) is 31.7 Å². The minimum absolute atomic E-state index is 0. The maximum Gasteiger partial charge on any atom is 0.260 e. The molecule has 0 radical (unpaired) electrons. The number of halogens is 1. The number of anilines is 1. The summed E-state index contributed by atoms with van der Waals surface area (Å²) in [6, 6.07) is 12.9. The van der Waals surface area contributed by atoms with E-state index in [2.05, 4.69) is 5.32 Å². The van der Waals surface area contributed by atoms with Gasteiger partial charge in [0.1, 0.15) is 0 Å². The van der Waals surface area contributed by atoms with Gasteiger partial charge in [-0.25, -0.2) is 8.42 Å². The zero-order valence-corrected chi connectivity index (χ0v) is 16.5. The molecule has 7 nitrogen and oxygen atoms in total. The molecule has 9 heteroatoms. The minimum atomic E-state index is -3.47. The van der Waals surface area contributed by atoms with Gasteiger partial charge in [0, 0.05) is 41.0 Å². The third-order valence-electron chi connectivity index (χ3n) is 4.31. The van der Waals surface area contributed by atoms with Gasteiger partial charge < -0.3 is 17.7 Å². The van der Waals surface area contributed by atoms with Crippen molar-refractivity contribution in [3.8, 4) is 0 Å². The summed E-state index contributed by atoms with van der Waals surface area (Å²) in [5.74, 6) is -0.383. The molecule has 0 spiro atoms. The number of rotatable bonds is 6. The molecule has 1 aliphatic rings. The molecule has 1 aliphatic heterocycles. The molecule has 2 aromatic carbocycles. The number of carbonyl (C=O) groups is 1. The second kappa shape index (κ2) is 9.59. The molecular formula is C19H20ClN3O4S. The Balaban J connectivity index is 0.00000280. The van der Waals surface area contributed by atoms with E-state index in [4.69, 9.17) is 0 Å². The maximum absolute atomic E-state index is 12.5.